The first kappa shape index (κ1) is 23.7. The van der Waals surface area contributed by atoms with Gasteiger partial charge in [-0.2, -0.15) is 0 Å². The largest absolute Gasteiger partial charge is 0.496 e. The third kappa shape index (κ3) is 4.59. The first-order valence-electron chi connectivity index (χ1n) is 9.12. The van der Waals surface area contributed by atoms with Crippen LogP contribution >= 0.6 is 24.0 Å². The van der Waals surface area contributed by atoms with Crippen LogP contribution in [0, 0.1) is 12.8 Å². The zero-order chi connectivity index (χ0) is 22.6. The number of hydrogen-bond donors (Lipinski definition) is 2. The second kappa shape index (κ2) is 9.94. The van der Waals surface area contributed by atoms with E-state index in [9.17, 15) is 24.6 Å². The molecule has 2 rings (SSSR count). The van der Waals surface area contributed by atoms with E-state index in [0.717, 1.165) is 22.2 Å². The van der Waals surface area contributed by atoms with E-state index in [2.05, 4.69) is 0 Å². The Kier molecular flexibility index (Phi) is 7.85. The molecule has 1 amide bonds. The van der Waals surface area contributed by atoms with Crippen LogP contribution in [-0.2, 0) is 14.4 Å². The minimum atomic E-state index is -1.77. The third-order valence-corrected chi connectivity index (χ3v) is 6.08. The SMILES string of the molecule is CCCC(C(C(=O)O)C(=O)O)N1C(=O)C(=Cc2ccc(OC)c(C)c2OC)SC1=S. The molecule has 1 aliphatic rings. The van der Waals surface area contributed by atoms with Crippen molar-refractivity contribution in [1.29, 1.82) is 0 Å². The van der Waals surface area contributed by atoms with Crippen LogP contribution in [0.25, 0.3) is 6.08 Å². The maximum atomic E-state index is 13.1. The van der Waals surface area contributed by atoms with E-state index in [1.165, 1.54) is 7.11 Å². The normalized spacial score (nSPS) is 16.3. The van der Waals surface area contributed by atoms with Gasteiger partial charge in [-0.15, -0.1) is 0 Å². The summed E-state index contributed by atoms with van der Waals surface area (Å²) in [6.45, 7) is 3.61. The summed E-state index contributed by atoms with van der Waals surface area (Å²) in [7, 11) is 3.05. The molecule has 1 unspecified atom stereocenters. The zero-order valence-corrected chi connectivity index (χ0v) is 18.6. The Morgan fingerprint density at radius 3 is 2.37 bits per heavy atom. The monoisotopic (exact) mass is 453 g/mol. The number of carbonyl (C=O) groups is 3. The predicted octanol–water partition coefficient (Wildman–Crippen LogP) is 3.17. The van der Waals surface area contributed by atoms with Crippen LogP contribution in [0.15, 0.2) is 17.0 Å². The molecule has 0 radical (unpaired) electrons. The Bertz CT molecular complexity index is 899. The average molecular weight is 454 g/mol. The number of rotatable bonds is 9. The molecule has 1 aromatic rings. The second-order valence-electron chi connectivity index (χ2n) is 6.58. The highest BCUT2D eigenvalue weighted by atomic mass is 32.2. The minimum Gasteiger partial charge on any atom is -0.496 e. The maximum absolute atomic E-state index is 13.1. The summed E-state index contributed by atoms with van der Waals surface area (Å²) in [6.07, 6.45) is 2.28. The molecule has 0 saturated carbocycles. The molecule has 10 heteroatoms. The fourth-order valence-corrected chi connectivity index (χ4v) is 4.75. The highest BCUT2D eigenvalue weighted by molar-refractivity contribution is 8.26. The van der Waals surface area contributed by atoms with Gasteiger partial charge in [0.05, 0.1) is 25.2 Å². The van der Waals surface area contributed by atoms with Gasteiger partial charge in [-0.1, -0.05) is 37.3 Å². The number of benzene rings is 1. The Balaban J connectivity index is 2.48. The van der Waals surface area contributed by atoms with Gasteiger partial charge in [0.2, 0.25) is 0 Å². The summed E-state index contributed by atoms with van der Waals surface area (Å²) in [6, 6.07) is 2.40. The highest BCUT2D eigenvalue weighted by Gasteiger charge is 2.45. The third-order valence-electron chi connectivity index (χ3n) is 4.75. The molecule has 2 N–H and O–H groups in total. The smallest absolute Gasteiger partial charge is 0.320 e. The van der Waals surface area contributed by atoms with Crippen molar-refractivity contribution in [2.75, 3.05) is 14.2 Å². The minimum absolute atomic E-state index is 0.126. The number of thioether (sulfide) groups is 1. The number of ether oxygens (including phenoxy) is 2. The summed E-state index contributed by atoms with van der Waals surface area (Å²) in [4.78, 5) is 37.6. The number of carboxylic acids is 2. The lowest BCUT2D eigenvalue weighted by atomic mass is 9.94. The molecule has 162 valence electrons. The lowest BCUT2D eigenvalue weighted by Crippen LogP contribution is -2.48. The fourth-order valence-electron chi connectivity index (χ4n) is 3.38. The molecule has 1 aliphatic heterocycles. The summed E-state index contributed by atoms with van der Waals surface area (Å²) < 4.78 is 10.9. The first-order chi connectivity index (χ1) is 14.2. The summed E-state index contributed by atoms with van der Waals surface area (Å²) in [5.41, 5.74) is 1.38. The molecular weight excluding hydrogens is 430 g/mol. The van der Waals surface area contributed by atoms with Crippen molar-refractivity contribution in [3.8, 4) is 11.5 Å². The van der Waals surface area contributed by atoms with Crippen molar-refractivity contribution in [2.45, 2.75) is 32.7 Å². The Labute approximate surface area is 183 Å². The number of carboxylic acid groups (broad SMARTS) is 2. The van der Waals surface area contributed by atoms with Crippen molar-refractivity contribution in [2.24, 2.45) is 5.92 Å². The van der Waals surface area contributed by atoms with E-state index in [0.29, 0.717) is 23.5 Å². The number of hydrogen-bond acceptors (Lipinski definition) is 7. The van der Waals surface area contributed by atoms with Crippen LogP contribution < -0.4 is 9.47 Å². The fraction of sp³-hybridized carbons (Fsp3) is 0.400. The van der Waals surface area contributed by atoms with Gasteiger partial charge in [0, 0.05) is 11.1 Å². The van der Waals surface area contributed by atoms with Crippen LogP contribution in [0.4, 0.5) is 0 Å². The van der Waals surface area contributed by atoms with Crippen LogP contribution in [0.3, 0.4) is 0 Å². The average Bonchev–Trinajstić information content (AvgIpc) is 2.94. The van der Waals surface area contributed by atoms with Crippen LogP contribution in [0.2, 0.25) is 0 Å². The van der Waals surface area contributed by atoms with Crippen molar-refractivity contribution in [1.82, 2.24) is 4.90 Å². The zero-order valence-electron chi connectivity index (χ0n) is 17.0. The molecule has 8 nitrogen and oxygen atoms in total. The predicted molar refractivity (Wildman–Crippen MR) is 117 cm³/mol. The number of methoxy groups -OCH3 is 2. The molecule has 1 atom stereocenters. The van der Waals surface area contributed by atoms with Gasteiger partial charge in [-0.25, -0.2) is 0 Å². The quantitative estimate of drug-likeness (QED) is 0.331. The van der Waals surface area contributed by atoms with Gasteiger partial charge in [0.25, 0.3) is 5.91 Å². The van der Waals surface area contributed by atoms with Crippen molar-refractivity contribution < 1.29 is 34.1 Å². The molecule has 30 heavy (non-hydrogen) atoms. The standard InChI is InChI=1S/C20H23NO7S2/c1-5-6-12(15(18(23)24)19(25)26)21-17(22)14(30-20(21)29)9-11-7-8-13(27-3)10(2)16(11)28-4/h7-9,12,15H,5-6H2,1-4H3,(H,23,24)(H,25,26). The number of carbonyl (C=O) groups excluding carboxylic acids is 1. The lowest BCUT2D eigenvalue weighted by molar-refractivity contribution is -0.157. The van der Waals surface area contributed by atoms with Crippen LogP contribution in [0.5, 0.6) is 11.5 Å². The highest BCUT2D eigenvalue weighted by Crippen LogP contribution is 2.39. The van der Waals surface area contributed by atoms with Gasteiger partial charge >= 0.3 is 11.9 Å². The van der Waals surface area contributed by atoms with Crippen LogP contribution in [-0.4, -0.2) is 57.5 Å². The summed E-state index contributed by atoms with van der Waals surface area (Å²) >= 11 is 6.31. The van der Waals surface area contributed by atoms with Gasteiger partial charge in [-0.3, -0.25) is 19.3 Å². The van der Waals surface area contributed by atoms with Crippen molar-refractivity contribution >= 4 is 52.2 Å². The van der Waals surface area contributed by atoms with Gasteiger partial charge in [0.15, 0.2) is 5.92 Å². The molecule has 1 saturated heterocycles. The van der Waals surface area contributed by atoms with Crippen molar-refractivity contribution in [3.63, 3.8) is 0 Å². The van der Waals surface area contributed by atoms with E-state index in [4.69, 9.17) is 21.7 Å². The molecule has 0 aromatic heterocycles. The van der Waals surface area contributed by atoms with Gasteiger partial charge in [-0.05, 0) is 31.6 Å². The molecule has 0 spiro atoms. The lowest BCUT2D eigenvalue weighted by Gasteiger charge is -2.29. The van der Waals surface area contributed by atoms with E-state index in [1.807, 2.05) is 6.92 Å². The maximum Gasteiger partial charge on any atom is 0.320 e. The van der Waals surface area contributed by atoms with E-state index in [1.54, 1.807) is 32.2 Å². The Morgan fingerprint density at radius 2 is 1.87 bits per heavy atom. The van der Waals surface area contributed by atoms with Gasteiger partial charge in [0.1, 0.15) is 15.8 Å². The summed E-state index contributed by atoms with van der Waals surface area (Å²) in [5, 5.41) is 18.8. The molecular formula is C20H23NO7S2. The molecule has 1 aromatic carbocycles. The molecule has 1 heterocycles. The molecule has 0 aliphatic carbocycles. The first-order valence-corrected chi connectivity index (χ1v) is 10.3. The summed E-state index contributed by atoms with van der Waals surface area (Å²) in [5.74, 6) is -4.15. The van der Waals surface area contributed by atoms with Gasteiger partial charge < -0.3 is 19.7 Å². The molecule has 1 fully saturated rings. The van der Waals surface area contributed by atoms with Crippen molar-refractivity contribution in [3.05, 3.63) is 28.2 Å². The Hall–Kier alpha value is -2.59. The van der Waals surface area contributed by atoms with E-state index < -0.39 is 29.8 Å². The molecule has 0 bridgehead atoms. The number of amides is 1. The number of aliphatic carboxylic acids is 2. The number of nitrogens with zero attached hydrogens (tertiary/aromatic N) is 1. The Morgan fingerprint density at radius 1 is 1.23 bits per heavy atom. The van der Waals surface area contributed by atoms with E-state index in [-0.39, 0.29) is 15.6 Å². The topological polar surface area (TPSA) is 113 Å². The van der Waals surface area contributed by atoms with E-state index >= 15 is 0 Å². The number of thiocarbonyl (C=S) groups is 1. The van der Waals surface area contributed by atoms with Crippen LogP contribution in [0.1, 0.15) is 30.9 Å². The second-order valence-corrected chi connectivity index (χ2v) is 8.25.